The lowest BCUT2D eigenvalue weighted by atomic mass is 10.1. The molecule has 1 amide bonds. The highest BCUT2D eigenvalue weighted by Gasteiger charge is 2.31. The van der Waals surface area contributed by atoms with Crippen LogP contribution in [0.15, 0.2) is 42.5 Å². The highest BCUT2D eigenvalue weighted by Crippen LogP contribution is 2.31. The zero-order valence-electron chi connectivity index (χ0n) is 16.5. The van der Waals surface area contributed by atoms with Gasteiger partial charge in [0.2, 0.25) is 0 Å². The number of carbonyl (C=O) groups excluding carboxylic acids is 1. The van der Waals surface area contributed by atoms with E-state index in [4.69, 9.17) is 4.74 Å². The Kier molecular flexibility index (Phi) is 5.82. The zero-order chi connectivity index (χ0) is 22.1. The first kappa shape index (κ1) is 21.4. The predicted octanol–water partition coefficient (Wildman–Crippen LogP) is 4.82. The molecule has 1 heterocycles. The topological polar surface area (TPSA) is 58.2 Å². The number of rotatable bonds is 5. The Labute approximate surface area is 170 Å². The first-order chi connectivity index (χ1) is 14.1. The fraction of sp³-hybridized carbons (Fsp3) is 0.238. The number of nitrogens with zero attached hydrogens (tertiary/aromatic N) is 2. The number of carbonyl (C=O) groups is 1. The maximum Gasteiger partial charge on any atom is 0.416 e. The molecule has 3 aromatic rings. The van der Waals surface area contributed by atoms with Crippen LogP contribution in [0.5, 0.6) is 5.75 Å². The number of halogens is 4. The van der Waals surface area contributed by atoms with E-state index < -0.39 is 23.5 Å². The molecule has 0 aliphatic rings. The number of imidazole rings is 1. The summed E-state index contributed by atoms with van der Waals surface area (Å²) in [4.78, 5) is 21.2. The number of H-pyrrole nitrogens is 1. The standard InChI is InChI=1S/C21H19F4N3O2/c1-12-18(20(29)28(2)11-13-7-8-17(30-3)16(22)9-13)27-19(26-12)14-5-4-6-15(10-14)21(23,24)25/h4-10H,11H2,1-3H3,(H,26,27). The van der Waals surface area contributed by atoms with Crippen molar-refractivity contribution in [2.75, 3.05) is 14.2 Å². The molecule has 0 aliphatic carbocycles. The highest BCUT2D eigenvalue weighted by atomic mass is 19.4. The van der Waals surface area contributed by atoms with Gasteiger partial charge in [-0.3, -0.25) is 4.79 Å². The normalized spacial score (nSPS) is 11.4. The second kappa shape index (κ2) is 8.17. The van der Waals surface area contributed by atoms with Crippen LogP contribution in [0, 0.1) is 12.7 Å². The Morgan fingerprint density at radius 1 is 1.20 bits per heavy atom. The number of ether oxygens (including phenoxy) is 1. The molecule has 2 aromatic carbocycles. The van der Waals surface area contributed by atoms with Crippen molar-refractivity contribution in [2.24, 2.45) is 0 Å². The quantitative estimate of drug-likeness (QED) is 0.601. The Morgan fingerprint density at radius 3 is 2.57 bits per heavy atom. The van der Waals surface area contributed by atoms with E-state index in [0.717, 1.165) is 12.1 Å². The first-order valence-corrected chi connectivity index (χ1v) is 8.92. The van der Waals surface area contributed by atoms with Gasteiger partial charge in [0.25, 0.3) is 5.91 Å². The van der Waals surface area contributed by atoms with Crippen LogP contribution in [0.3, 0.4) is 0 Å². The van der Waals surface area contributed by atoms with Gasteiger partial charge in [-0.25, -0.2) is 9.37 Å². The molecule has 0 radical (unpaired) electrons. The Bertz CT molecular complexity index is 1080. The van der Waals surface area contributed by atoms with Crippen molar-refractivity contribution in [3.8, 4) is 17.1 Å². The number of amides is 1. The van der Waals surface area contributed by atoms with Crippen LogP contribution in [0.4, 0.5) is 17.6 Å². The van der Waals surface area contributed by atoms with Crippen LogP contribution in [-0.4, -0.2) is 34.9 Å². The Balaban J connectivity index is 1.82. The Hall–Kier alpha value is -3.36. The molecule has 1 N–H and O–H groups in total. The molecule has 158 valence electrons. The van der Waals surface area contributed by atoms with Gasteiger partial charge in [-0.1, -0.05) is 18.2 Å². The fourth-order valence-electron chi connectivity index (χ4n) is 2.98. The van der Waals surface area contributed by atoms with Crippen LogP contribution in [0.1, 0.15) is 27.3 Å². The van der Waals surface area contributed by atoms with Gasteiger partial charge in [-0.05, 0) is 36.8 Å². The Morgan fingerprint density at radius 2 is 1.93 bits per heavy atom. The van der Waals surface area contributed by atoms with Gasteiger partial charge in [0.1, 0.15) is 11.5 Å². The summed E-state index contributed by atoms with van der Waals surface area (Å²) >= 11 is 0. The van der Waals surface area contributed by atoms with Crippen molar-refractivity contribution in [3.05, 3.63) is 70.8 Å². The van der Waals surface area contributed by atoms with Crippen LogP contribution in [0.25, 0.3) is 11.4 Å². The molecule has 0 unspecified atom stereocenters. The van der Waals surface area contributed by atoms with Gasteiger partial charge < -0.3 is 14.6 Å². The number of nitrogens with one attached hydrogen (secondary N) is 1. The van der Waals surface area contributed by atoms with Crippen molar-refractivity contribution in [2.45, 2.75) is 19.6 Å². The van der Waals surface area contributed by atoms with E-state index in [1.807, 2.05) is 0 Å². The van der Waals surface area contributed by atoms with E-state index in [9.17, 15) is 22.4 Å². The minimum absolute atomic E-state index is 0.0823. The lowest BCUT2D eigenvalue weighted by molar-refractivity contribution is -0.137. The molecule has 0 bridgehead atoms. The van der Waals surface area contributed by atoms with Gasteiger partial charge in [0.05, 0.1) is 12.7 Å². The van der Waals surface area contributed by atoms with Gasteiger partial charge in [0.15, 0.2) is 11.6 Å². The number of methoxy groups -OCH3 is 1. The van der Waals surface area contributed by atoms with E-state index in [1.165, 1.54) is 43.3 Å². The SMILES string of the molecule is COc1ccc(CN(C)C(=O)c2nc(-c3cccc(C(F)(F)F)c3)[nH]c2C)cc1F. The molecular weight excluding hydrogens is 402 g/mol. The van der Waals surface area contributed by atoms with Crippen molar-refractivity contribution < 1.29 is 27.1 Å². The zero-order valence-corrected chi connectivity index (χ0v) is 16.5. The number of hydrogen-bond acceptors (Lipinski definition) is 3. The number of hydrogen-bond donors (Lipinski definition) is 1. The molecule has 3 rings (SSSR count). The van der Waals surface area contributed by atoms with Gasteiger partial charge >= 0.3 is 6.18 Å². The highest BCUT2D eigenvalue weighted by molar-refractivity contribution is 5.94. The third-order valence-corrected chi connectivity index (χ3v) is 4.53. The fourth-order valence-corrected chi connectivity index (χ4v) is 2.98. The minimum atomic E-state index is -4.48. The van der Waals surface area contributed by atoms with E-state index in [2.05, 4.69) is 9.97 Å². The average Bonchev–Trinajstić information content (AvgIpc) is 3.08. The van der Waals surface area contributed by atoms with E-state index in [0.29, 0.717) is 11.3 Å². The molecule has 0 fully saturated rings. The van der Waals surface area contributed by atoms with E-state index in [1.54, 1.807) is 13.0 Å². The molecule has 1 aromatic heterocycles. The van der Waals surface area contributed by atoms with E-state index in [-0.39, 0.29) is 29.4 Å². The number of aromatic nitrogens is 2. The molecule has 0 atom stereocenters. The summed E-state index contributed by atoms with van der Waals surface area (Å²) in [6.45, 7) is 1.73. The molecule has 0 aliphatic heterocycles. The molecular formula is C21H19F4N3O2. The van der Waals surface area contributed by atoms with Gasteiger partial charge in [0, 0.05) is 24.8 Å². The van der Waals surface area contributed by atoms with Crippen molar-refractivity contribution in [1.29, 1.82) is 0 Å². The summed E-state index contributed by atoms with van der Waals surface area (Å²) < 4.78 is 57.6. The number of alkyl halides is 3. The molecule has 0 spiro atoms. The molecule has 5 nitrogen and oxygen atoms in total. The van der Waals surface area contributed by atoms with Crippen LogP contribution >= 0.6 is 0 Å². The lowest BCUT2D eigenvalue weighted by Gasteiger charge is -2.17. The molecule has 0 saturated carbocycles. The minimum Gasteiger partial charge on any atom is -0.494 e. The monoisotopic (exact) mass is 421 g/mol. The average molecular weight is 421 g/mol. The summed E-state index contributed by atoms with van der Waals surface area (Å²) in [6, 6.07) is 9.07. The maximum absolute atomic E-state index is 13.9. The third kappa shape index (κ3) is 4.45. The number of aromatic amines is 1. The largest absolute Gasteiger partial charge is 0.494 e. The summed E-state index contributed by atoms with van der Waals surface area (Å²) in [7, 11) is 2.89. The predicted molar refractivity (Wildman–Crippen MR) is 103 cm³/mol. The van der Waals surface area contributed by atoms with Crippen LogP contribution < -0.4 is 4.74 Å². The third-order valence-electron chi connectivity index (χ3n) is 4.53. The summed E-state index contributed by atoms with van der Waals surface area (Å²) in [5, 5.41) is 0. The molecule has 0 saturated heterocycles. The van der Waals surface area contributed by atoms with Crippen molar-refractivity contribution >= 4 is 5.91 Å². The summed E-state index contributed by atoms with van der Waals surface area (Å²) in [5.41, 5.74) is 0.460. The van der Waals surface area contributed by atoms with E-state index >= 15 is 0 Å². The van der Waals surface area contributed by atoms with Crippen LogP contribution in [-0.2, 0) is 12.7 Å². The smallest absolute Gasteiger partial charge is 0.416 e. The van der Waals surface area contributed by atoms with Crippen molar-refractivity contribution in [1.82, 2.24) is 14.9 Å². The summed E-state index contributed by atoms with van der Waals surface area (Å²) in [6.07, 6.45) is -4.48. The van der Waals surface area contributed by atoms with Gasteiger partial charge in [-0.15, -0.1) is 0 Å². The second-order valence-corrected chi connectivity index (χ2v) is 6.77. The number of benzene rings is 2. The van der Waals surface area contributed by atoms with Crippen molar-refractivity contribution in [3.63, 3.8) is 0 Å². The molecule has 30 heavy (non-hydrogen) atoms. The second-order valence-electron chi connectivity index (χ2n) is 6.77. The van der Waals surface area contributed by atoms with Gasteiger partial charge in [-0.2, -0.15) is 13.2 Å². The summed E-state index contributed by atoms with van der Waals surface area (Å²) in [5.74, 6) is -0.732. The maximum atomic E-state index is 13.9. The lowest BCUT2D eigenvalue weighted by Crippen LogP contribution is -2.27. The van der Waals surface area contributed by atoms with Crippen LogP contribution in [0.2, 0.25) is 0 Å². The first-order valence-electron chi connectivity index (χ1n) is 8.92. The molecule has 9 heteroatoms. The number of aryl methyl sites for hydroxylation is 1.